The Morgan fingerprint density at radius 3 is 2.52 bits per heavy atom. The predicted molar refractivity (Wildman–Crippen MR) is 104 cm³/mol. The van der Waals surface area contributed by atoms with Crippen molar-refractivity contribution in [2.45, 2.75) is 43.0 Å². The van der Waals surface area contributed by atoms with Crippen molar-refractivity contribution < 1.29 is 13.2 Å². The summed E-state index contributed by atoms with van der Waals surface area (Å²) in [7, 11) is -3.68. The topological polar surface area (TPSA) is 114 Å². The lowest BCUT2D eigenvalue weighted by Gasteiger charge is -2.13. The monoisotopic (exact) mass is 388 g/mol. The summed E-state index contributed by atoms with van der Waals surface area (Å²) in [5, 5.41) is 11.3. The van der Waals surface area contributed by atoms with Gasteiger partial charge in [0.2, 0.25) is 10.0 Å². The number of carbonyl (C=O) groups is 1. The molecule has 3 rings (SSSR count). The van der Waals surface area contributed by atoms with Crippen LogP contribution in [-0.2, 0) is 16.4 Å². The van der Waals surface area contributed by atoms with Crippen LogP contribution >= 0.6 is 0 Å². The summed E-state index contributed by atoms with van der Waals surface area (Å²) < 4.78 is 22.5. The maximum Gasteiger partial charge on any atom is 0.251 e. The largest absolute Gasteiger partial charge is 0.367 e. The number of primary sulfonamides is 1. The number of rotatable bonds is 7. The third-order valence-electron chi connectivity index (χ3n) is 4.68. The van der Waals surface area contributed by atoms with Crippen molar-refractivity contribution in [2.24, 2.45) is 5.14 Å². The Kier molecular flexibility index (Phi) is 6.08. The maximum absolute atomic E-state index is 12.3. The minimum absolute atomic E-state index is 0.0781. The molecule has 0 aliphatic heterocycles. The van der Waals surface area contributed by atoms with Gasteiger partial charge in [-0.15, -0.1) is 0 Å². The van der Waals surface area contributed by atoms with E-state index in [2.05, 4.69) is 15.6 Å². The number of nitrogens with one attached hydrogen (secondary N) is 2. The van der Waals surface area contributed by atoms with Crippen LogP contribution in [0, 0.1) is 0 Å². The SMILES string of the molecule is NS(=O)(=O)c1ccc(CCNC(=O)c2ccnc(NC3CCCC3)c2)cc1. The molecule has 1 aliphatic rings. The van der Waals surface area contributed by atoms with E-state index >= 15 is 0 Å². The summed E-state index contributed by atoms with van der Waals surface area (Å²) >= 11 is 0. The average molecular weight is 388 g/mol. The molecule has 1 heterocycles. The Morgan fingerprint density at radius 2 is 1.85 bits per heavy atom. The van der Waals surface area contributed by atoms with E-state index in [-0.39, 0.29) is 10.8 Å². The van der Waals surface area contributed by atoms with Crippen LogP contribution in [0.3, 0.4) is 0 Å². The molecular weight excluding hydrogens is 364 g/mol. The second-order valence-electron chi connectivity index (χ2n) is 6.75. The average Bonchev–Trinajstić information content (AvgIpc) is 3.14. The molecule has 1 aromatic heterocycles. The first-order chi connectivity index (χ1) is 12.9. The predicted octanol–water partition coefficient (Wildman–Crippen LogP) is 2.06. The van der Waals surface area contributed by atoms with E-state index in [1.807, 2.05) is 0 Å². The van der Waals surface area contributed by atoms with E-state index in [0.717, 1.165) is 24.2 Å². The second-order valence-corrected chi connectivity index (χ2v) is 8.31. The van der Waals surface area contributed by atoms with E-state index in [4.69, 9.17) is 5.14 Å². The highest BCUT2D eigenvalue weighted by Gasteiger charge is 2.15. The highest BCUT2D eigenvalue weighted by Crippen LogP contribution is 2.21. The van der Waals surface area contributed by atoms with Crippen molar-refractivity contribution in [3.05, 3.63) is 53.7 Å². The number of anilines is 1. The fourth-order valence-electron chi connectivity index (χ4n) is 3.20. The molecule has 0 spiro atoms. The number of nitrogens with zero attached hydrogens (tertiary/aromatic N) is 1. The summed E-state index contributed by atoms with van der Waals surface area (Å²) in [6.07, 6.45) is 6.98. The molecular formula is C19H24N4O3S. The zero-order valence-corrected chi connectivity index (χ0v) is 15.8. The van der Waals surface area contributed by atoms with Crippen LogP contribution in [0.25, 0.3) is 0 Å². The van der Waals surface area contributed by atoms with Gasteiger partial charge in [-0.25, -0.2) is 18.5 Å². The lowest BCUT2D eigenvalue weighted by atomic mass is 10.1. The van der Waals surface area contributed by atoms with E-state index in [0.29, 0.717) is 24.6 Å². The number of benzene rings is 1. The molecule has 1 aliphatic carbocycles. The summed E-state index contributed by atoms with van der Waals surface area (Å²) in [6.45, 7) is 0.446. The third kappa shape index (κ3) is 5.51. The molecule has 0 unspecified atom stereocenters. The van der Waals surface area contributed by atoms with Gasteiger partial charge in [0.1, 0.15) is 5.82 Å². The molecule has 1 saturated carbocycles. The number of nitrogens with two attached hydrogens (primary N) is 1. The van der Waals surface area contributed by atoms with Gasteiger partial charge in [-0.3, -0.25) is 4.79 Å². The van der Waals surface area contributed by atoms with Crippen molar-refractivity contribution in [2.75, 3.05) is 11.9 Å². The van der Waals surface area contributed by atoms with E-state index in [9.17, 15) is 13.2 Å². The Balaban J connectivity index is 1.51. The van der Waals surface area contributed by atoms with Crippen LogP contribution in [0.1, 0.15) is 41.6 Å². The fourth-order valence-corrected chi connectivity index (χ4v) is 3.71. The summed E-state index contributed by atoms with van der Waals surface area (Å²) in [4.78, 5) is 16.7. The highest BCUT2D eigenvalue weighted by atomic mass is 32.2. The van der Waals surface area contributed by atoms with Crippen molar-refractivity contribution in [1.29, 1.82) is 0 Å². The lowest BCUT2D eigenvalue weighted by molar-refractivity contribution is 0.0954. The van der Waals surface area contributed by atoms with Crippen LogP contribution < -0.4 is 15.8 Å². The Bertz CT molecular complexity index is 891. The van der Waals surface area contributed by atoms with Crippen molar-refractivity contribution in [3.8, 4) is 0 Å². The Labute approximate surface area is 159 Å². The molecule has 0 radical (unpaired) electrons. The van der Waals surface area contributed by atoms with Gasteiger partial charge < -0.3 is 10.6 Å². The van der Waals surface area contributed by atoms with Crippen LogP contribution in [-0.4, -0.2) is 31.9 Å². The van der Waals surface area contributed by atoms with E-state index < -0.39 is 10.0 Å². The number of carbonyl (C=O) groups excluding carboxylic acids is 1. The fraction of sp³-hybridized carbons (Fsp3) is 0.368. The van der Waals surface area contributed by atoms with E-state index in [1.54, 1.807) is 30.5 Å². The molecule has 2 aromatic rings. The number of sulfonamides is 1. The summed E-state index contributed by atoms with van der Waals surface area (Å²) in [6, 6.07) is 10.2. The van der Waals surface area contributed by atoms with Crippen LogP contribution in [0.4, 0.5) is 5.82 Å². The van der Waals surface area contributed by atoms with Gasteiger partial charge in [0.05, 0.1) is 4.90 Å². The number of hydrogen-bond donors (Lipinski definition) is 3. The first-order valence-electron chi connectivity index (χ1n) is 9.04. The lowest BCUT2D eigenvalue weighted by Crippen LogP contribution is -2.26. The zero-order valence-electron chi connectivity index (χ0n) is 15.0. The zero-order chi connectivity index (χ0) is 19.3. The quantitative estimate of drug-likeness (QED) is 0.672. The maximum atomic E-state index is 12.3. The van der Waals surface area contributed by atoms with Gasteiger partial charge in [0, 0.05) is 24.3 Å². The number of amides is 1. The van der Waals surface area contributed by atoms with Crippen LogP contribution in [0.15, 0.2) is 47.5 Å². The first-order valence-corrected chi connectivity index (χ1v) is 10.6. The van der Waals surface area contributed by atoms with Crippen molar-refractivity contribution in [3.63, 3.8) is 0 Å². The number of aromatic nitrogens is 1. The normalized spacial score (nSPS) is 14.9. The van der Waals surface area contributed by atoms with Gasteiger partial charge in [-0.2, -0.15) is 0 Å². The van der Waals surface area contributed by atoms with Gasteiger partial charge in [-0.1, -0.05) is 25.0 Å². The number of hydrogen-bond acceptors (Lipinski definition) is 5. The molecule has 0 saturated heterocycles. The van der Waals surface area contributed by atoms with Crippen molar-refractivity contribution in [1.82, 2.24) is 10.3 Å². The minimum Gasteiger partial charge on any atom is -0.367 e. The van der Waals surface area contributed by atoms with Crippen LogP contribution in [0.5, 0.6) is 0 Å². The van der Waals surface area contributed by atoms with Crippen molar-refractivity contribution >= 4 is 21.7 Å². The standard InChI is InChI=1S/C19H24N4O3S/c20-27(25,26)17-7-5-14(6-8-17)9-11-22-19(24)15-10-12-21-18(13-15)23-16-3-1-2-4-16/h5-8,10,12-13,16H,1-4,9,11H2,(H,21,23)(H,22,24)(H2,20,25,26). The Hall–Kier alpha value is -2.45. The molecule has 1 aromatic carbocycles. The minimum atomic E-state index is -3.68. The van der Waals surface area contributed by atoms with Gasteiger partial charge >= 0.3 is 0 Å². The molecule has 27 heavy (non-hydrogen) atoms. The van der Waals surface area contributed by atoms with E-state index in [1.165, 1.54) is 25.0 Å². The molecule has 0 bridgehead atoms. The molecule has 7 nitrogen and oxygen atoms in total. The molecule has 1 amide bonds. The van der Waals surface area contributed by atoms with Gasteiger partial charge in [0.25, 0.3) is 5.91 Å². The summed E-state index contributed by atoms with van der Waals surface area (Å²) in [5.41, 5.74) is 1.48. The third-order valence-corrected chi connectivity index (χ3v) is 5.61. The summed E-state index contributed by atoms with van der Waals surface area (Å²) in [5.74, 6) is 0.571. The highest BCUT2D eigenvalue weighted by molar-refractivity contribution is 7.89. The molecule has 0 atom stereocenters. The molecule has 1 fully saturated rings. The molecule has 8 heteroatoms. The number of pyridine rings is 1. The first kappa shape index (κ1) is 19.3. The molecule has 144 valence electrons. The Morgan fingerprint density at radius 1 is 1.15 bits per heavy atom. The van der Waals surface area contributed by atoms with Gasteiger partial charge in [-0.05, 0) is 49.1 Å². The smallest absolute Gasteiger partial charge is 0.251 e. The molecule has 4 N–H and O–H groups in total. The van der Waals surface area contributed by atoms with Gasteiger partial charge in [0.15, 0.2) is 0 Å². The second kappa shape index (κ2) is 8.49. The van der Waals surface area contributed by atoms with Crippen LogP contribution in [0.2, 0.25) is 0 Å².